The Morgan fingerprint density at radius 1 is 1.75 bits per heavy atom. The minimum Gasteiger partial charge on any atom is -0.460 e. The second-order valence-electron chi connectivity index (χ2n) is 2.16. The molecule has 0 aromatic carbocycles. The first-order valence-corrected chi connectivity index (χ1v) is 3.73. The molecule has 4 heteroatoms. The van der Waals surface area contributed by atoms with Crippen LogP contribution >= 0.6 is 0 Å². The highest BCUT2D eigenvalue weighted by molar-refractivity contribution is 5.78. The number of amides is 1. The Hall–Kier alpha value is -1.32. The SMILES string of the molecule is C=CCOC(=O)C(CC)NC=O. The summed E-state index contributed by atoms with van der Waals surface area (Å²) in [4.78, 5) is 21.0. The molecule has 0 rings (SSSR count). The highest BCUT2D eigenvalue weighted by Crippen LogP contribution is 1.93. The molecule has 1 unspecified atom stereocenters. The van der Waals surface area contributed by atoms with Gasteiger partial charge in [0.1, 0.15) is 12.6 Å². The minimum absolute atomic E-state index is 0.176. The van der Waals surface area contributed by atoms with E-state index >= 15 is 0 Å². The molecule has 0 fully saturated rings. The first-order chi connectivity index (χ1) is 5.76. The summed E-state index contributed by atoms with van der Waals surface area (Å²) in [7, 11) is 0. The summed E-state index contributed by atoms with van der Waals surface area (Å²) in [6.45, 7) is 5.36. The molecular weight excluding hydrogens is 158 g/mol. The van der Waals surface area contributed by atoms with E-state index in [1.807, 2.05) is 0 Å². The highest BCUT2D eigenvalue weighted by atomic mass is 16.5. The highest BCUT2D eigenvalue weighted by Gasteiger charge is 2.15. The van der Waals surface area contributed by atoms with E-state index in [9.17, 15) is 9.59 Å². The molecule has 1 N–H and O–H groups in total. The van der Waals surface area contributed by atoms with Gasteiger partial charge in [-0.05, 0) is 6.42 Å². The fourth-order valence-corrected chi connectivity index (χ4v) is 0.676. The average Bonchev–Trinajstić information content (AvgIpc) is 2.10. The Morgan fingerprint density at radius 2 is 2.42 bits per heavy atom. The van der Waals surface area contributed by atoms with Gasteiger partial charge in [0.15, 0.2) is 0 Å². The molecule has 4 nitrogen and oxygen atoms in total. The maximum atomic E-state index is 11.0. The van der Waals surface area contributed by atoms with E-state index in [2.05, 4.69) is 11.9 Å². The number of esters is 1. The molecule has 0 saturated heterocycles. The van der Waals surface area contributed by atoms with Crippen LogP contribution in [0, 0.1) is 0 Å². The monoisotopic (exact) mass is 171 g/mol. The Morgan fingerprint density at radius 3 is 2.83 bits per heavy atom. The van der Waals surface area contributed by atoms with Crippen molar-refractivity contribution in [1.29, 1.82) is 0 Å². The lowest BCUT2D eigenvalue weighted by molar-refractivity contribution is -0.145. The Kier molecular flexibility index (Phi) is 5.69. The number of nitrogens with one attached hydrogen (secondary N) is 1. The summed E-state index contributed by atoms with van der Waals surface area (Å²) in [5.74, 6) is -0.426. The molecule has 1 amide bonds. The van der Waals surface area contributed by atoms with Crippen molar-refractivity contribution in [3.8, 4) is 0 Å². The molecule has 0 spiro atoms. The molecule has 12 heavy (non-hydrogen) atoms. The summed E-state index contributed by atoms with van der Waals surface area (Å²) in [6, 6.07) is -0.539. The second-order valence-corrected chi connectivity index (χ2v) is 2.16. The van der Waals surface area contributed by atoms with E-state index in [-0.39, 0.29) is 6.61 Å². The molecule has 0 aromatic heterocycles. The number of hydrogen-bond donors (Lipinski definition) is 1. The molecule has 68 valence electrons. The van der Waals surface area contributed by atoms with E-state index in [1.165, 1.54) is 6.08 Å². The molecule has 0 aromatic rings. The van der Waals surface area contributed by atoms with Crippen LogP contribution in [0.15, 0.2) is 12.7 Å². The lowest BCUT2D eigenvalue weighted by atomic mass is 10.2. The van der Waals surface area contributed by atoms with E-state index in [1.54, 1.807) is 6.92 Å². The normalized spacial score (nSPS) is 11.4. The Labute approximate surface area is 71.6 Å². The van der Waals surface area contributed by atoms with Gasteiger partial charge in [-0.2, -0.15) is 0 Å². The second kappa shape index (κ2) is 6.39. The van der Waals surface area contributed by atoms with Crippen LogP contribution in [0.1, 0.15) is 13.3 Å². The quantitative estimate of drug-likeness (QED) is 0.354. The molecule has 0 bridgehead atoms. The Balaban J connectivity index is 3.84. The average molecular weight is 171 g/mol. The lowest BCUT2D eigenvalue weighted by Crippen LogP contribution is -2.36. The van der Waals surface area contributed by atoms with Crippen molar-refractivity contribution in [2.75, 3.05) is 6.61 Å². The van der Waals surface area contributed by atoms with Gasteiger partial charge in [0.2, 0.25) is 6.41 Å². The van der Waals surface area contributed by atoms with Crippen molar-refractivity contribution < 1.29 is 14.3 Å². The Bertz CT molecular complexity index is 168. The van der Waals surface area contributed by atoms with Crippen LogP contribution in [0.5, 0.6) is 0 Å². The van der Waals surface area contributed by atoms with Gasteiger partial charge >= 0.3 is 5.97 Å². The number of carbonyl (C=O) groups is 2. The molecule has 0 aliphatic heterocycles. The van der Waals surface area contributed by atoms with E-state index < -0.39 is 12.0 Å². The molecule has 0 aliphatic carbocycles. The summed E-state index contributed by atoms with van der Waals surface area (Å²) in [5, 5.41) is 2.35. The van der Waals surface area contributed by atoms with Crippen molar-refractivity contribution >= 4 is 12.4 Å². The third-order valence-electron chi connectivity index (χ3n) is 1.31. The van der Waals surface area contributed by atoms with Gasteiger partial charge in [0, 0.05) is 0 Å². The summed E-state index contributed by atoms with van der Waals surface area (Å²) < 4.78 is 4.72. The standard InChI is InChI=1S/C8H13NO3/c1-3-5-12-8(11)7(4-2)9-6-10/h3,6-7H,1,4-5H2,2H3,(H,9,10). The zero-order valence-corrected chi connectivity index (χ0v) is 7.08. The summed E-state index contributed by atoms with van der Waals surface area (Å²) in [5.41, 5.74) is 0. The predicted molar refractivity (Wildman–Crippen MR) is 44.4 cm³/mol. The lowest BCUT2D eigenvalue weighted by Gasteiger charge is -2.11. The minimum atomic E-state index is -0.539. The third-order valence-corrected chi connectivity index (χ3v) is 1.31. The molecule has 0 heterocycles. The number of ether oxygens (including phenoxy) is 1. The van der Waals surface area contributed by atoms with Gasteiger partial charge in [-0.1, -0.05) is 19.6 Å². The van der Waals surface area contributed by atoms with Crippen molar-refractivity contribution in [3.63, 3.8) is 0 Å². The van der Waals surface area contributed by atoms with Gasteiger partial charge in [-0.25, -0.2) is 4.79 Å². The van der Waals surface area contributed by atoms with Gasteiger partial charge in [-0.15, -0.1) is 0 Å². The van der Waals surface area contributed by atoms with Crippen LogP contribution < -0.4 is 5.32 Å². The van der Waals surface area contributed by atoms with E-state index in [0.29, 0.717) is 12.8 Å². The van der Waals surface area contributed by atoms with E-state index in [4.69, 9.17) is 4.74 Å². The van der Waals surface area contributed by atoms with Crippen LogP contribution in [0.2, 0.25) is 0 Å². The number of carbonyl (C=O) groups excluding carboxylic acids is 2. The van der Waals surface area contributed by atoms with Crippen molar-refractivity contribution in [2.24, 2.45) is 0 Å². The molecular formula is C8H13NO3. The largest absolute Gasteiger partial charge is 0.460 e. The van der Waals surface area contributed by atoms with Crippen LogP contribution in [0.4, 0.5) is 0 Å². The zero-order valence-electron chi connectivity index (χ0n) is 7.08. The summed E-state index contributed by atoms with van der Waals surface area (Å²) in [6.07, 6.45) is 2.49. The first-order valence-electron chi connectivity index (χ1n) is 3.73. The maximum Gasteiger partial charge on any atom is 0.328 e. The predicted octanol–water partition coefficient (Wildman–Crippen LogP) is 0.240. The topological polar surface area (TPSA) is 55.4 Å². The fraction of sp³-hybridized carbons (Fsp3) is 0.500. The van der Waals surface area contributed by atoms with Crippen LogP contribution in [0.25, 0.3) is 0 Å². The van der Waals surface area contributed by atoms with Gasteiger partial charge in [-0.3, -0.25) is 4.79 Å². The van der Waals surface area contributed by atoms with Crippen molar-refractivity contribution in [1.82, 2.24) is 5.32 Å². The van der Waals surface area contributed by atoms with Gasteiger partial charge < -0.3 is 10.1 Å². The van der Waals surface area contributed by atoms with Crippen molar-refractivity contribution in [3.05, 3.63) is 12.7 Å². The third kappa shape index (κ3) is 3.75. The number of rotatable bonds is 6. The maximum absolute atomic E-state index is 11.0. The zero-order chi connectivity index (χ0) is 9.40. The molecule has 0 saturated carbocycles. The molecule has 1 atom stereocenters. The van der Waals surface area contributed by atoms with Crippen LogP contribution in [-0.2, 0) is 14.3 Å². The van der Waals surface area contributed by atoms with Crippen LogP contribution in [0.3, 0.4) is 0 Å². The molecule has 0 aliphatic rings. The molecule has 0 radical (unpaired) electrons. The summed E-state index contributed by atoms with van der Waals surface area (Å²) >= 11 is 0. The number of hydrogen-bond acceptors (Lipinski definition) is 3. The smallest absolute Gasteiger partial charge is 0.328 e. The first kappa shape index (κ1) is 10.7. The van der Waals surface area contributed by atoms with E-state index in [0.717, 1.165) is 0 Å². The van der Waals surface area contributed by atoms with Crippen LogP contribution in [-0.4, -0.2) is 25.0 Å². The van der Waals surface area contributed by atoms with Gasteiger partial charge in [0.25, 0.3) is 0 Å². The fourth-order valence-electron chi connectivity index (χ4n) is 0.676. The van der Waals surface area contributed by atoms with Gasteiger partial charge in [0.05, 0.1) is 0 Å². The van der Waals surface area contributed by atoms with Crippen molar-refractivity contribution in [2.45, 2.75) is 19.4 Å².